The van der Waals surface area contributed by atoms with Crippen LogP contribution in [0.25, 0.3) is 0 Å². The van der Waals surface area contributed by atoms with Crippen LogP contribution >= 0.6 is 0 Å². The van der Waals surface area contributed by atoms with Gasteiger partial charge in [0.15, 0.2) is 0 Å². The summed E-state index contributed by atoms with van der Waals surface area (Å²) in [4.78, 5) is 15.4. The van der Waals surface area contributed by atoms with Crippen LogP contribution in [-0.2, 0) is 10.0 Å². The van der Waals surface area contributed by atoms with Crippen LogP contribution in [0.15, 0.2) is 65.7 Å². The summed E-state index contributed by atoms with van der Waals surface area (Å²) in [5.74, 6) is -0.362. The third kappa shape index (κ3) is 4.80. The van der Waals surface area contributed by atoms with Crippen LogP contribution in [0.4, 0.5) is 0 Å². The molecule has 0 aliphatic rings. The molecule has 0 saturated heterocycles. The van der Waals surface area contributed by atoms with Gasteiger partial charge in [-0.05, 0) is 56.0 Å². The number of sulfonamides is 1. The Bertz CT molecular complexity index is 1150. The molecule has 7 heteroatoms. The fourth-order valence-corrected chi connectivity index (χ4v) is 4.74. The Labute approximate surface area is 177 Å². The minimum Gasteiger partial charge on any atom is -0.356 e. The third-order valence-electron chi connectivity index (χ3n) is 5.20. The first-order valence-electron chi connectivity index (χ1n) is 9.81. The van der Waals surface area contributed by atoms with Crippen molar-refractivity contribution in [2.24, 2.45) is 0 Å². The number of benzene rings is 2. The number of aromatic nitrogens is 1. The SMILES string of the molecule is Cc1ccccc1C(C)NC(=O)c1cc(S(=O)(=O)NC(C)c2ccccc2C)c[nH]1. The molecule has 1 amide bonds. The van der Waals surface area contributed by atoms with Crippen molar-refractivity contribution in [3.05, 3.63) is 88.7 Å². The first-order valence-corrected chi connectivity index (χ1v) is 11.3. The summed E-state index contributed by atoms with van der Waals surface area (Å²) < 4.78 is 28.3. The van der Waals surface area contributed by atoms with Crippen molar-refractivity contribution in [1.29, 1.82) is 0 Å². The summed E-state index contributed by atoms with van der Waals surface area (Å²) in [5.41, 5.74) is 4.20. The van der Waals surface area contributed by atoms with E-state index in [-0.39, 0.29) is 22.5 Å². The lowest BCUT2D eigenvalue weighted by molar-refractivity contribution is 0.0935. The van der Waals surface area contributed by atoms with Gasteiger partial charge in [0.05, 0.1) is 6.04 Å². The molecule has 3 aromatic rings. The number of amides is 1. The minimum atomic E-state index is -3.79. The average molecular weight is 426 g/mol. The Morgan fingerprint density at radius 3 is 2.00 bits per heavy atom. The lowest BCUT2D eigenvalue weighted by Crippen LogP contribution is -2.28. The quantitative estimate of drug-likeness (QED) is 0.531. The fourth-order valence-electron chi connectivity index (χ4n) is 3.52. The summed E-state index contributed by atoms with van der Waals surface area (Å²) in [5, 5.41) is 2.91. The molecule has 0 aliphatic carbocycles. The molecule has 0 spiro atoms. The monoisotopic (exact) mass is 425 g/mol. The van der Waals surface area contributed by atoms with Crippen molar-refractivity contribution < 1.29 is 13.2 Å². The van der Waals surface area contributed by atoms with E-state index < -0.39 is 16.1 Å². The van der Waals surface area contributed by atoms with E-state index >= 15 is 0 Å². The van der Waals surface area contributed by atoms with E-state index in [1.165, 1.54) is 12.3 Å². The number of carbonyl (C=O) groups is 1. The van der Waals surface area contributed by atoms with Crippen LogP contribution in [0.1, 0.15) is 58.7 Å². The molecule has 2 atom stereocenters. The number of hydrogen-bond acceptors (Lipinski definition) is 3. The maximum absolute atomic E-state index is 12.8. The van der Waals surface area contributed by atoms with Crippen molar-refractivity contribution in [3.63, 3.8) is 0 Å². The standard InChI is InChI=1S/C23H27N3O3S/c1-15-9-5-7-11-20(15)17(3)25-23(27)22-13-19(14-24-22)30(28,29)26-18(4)21-12-8-6-10-16(21)2/h5-14,17-18,24,26H,1-4H3,(H,25,27). The molecule has 158 valence electrons. The molecular formula is C23H27N3O3S. The molecule has 1 aromatic heterocycles. The number of aromatic amines is 1. The molecule has 3 rings (SSSR count). The van der Waals surface area contributed by atoms with Crippen LogP contribution in [0.5, 0.6) is 0 Å². The van der Waals surface area contributed by atoms with Crippen LogP contribution in [0.3, 0.4) is 0 Å². The van der Waals surface area contributed by atoms with Crippen LogP contribution in [0, 0.1) is 13.8 Å². The molecule has 30 heavy (non-hydrogen) atoms. The summed E-state index contributed by atoms with van der Waals surface area (Å²) in [6, 6.07) is 16.2. The number of hydrogen-bond donors (Lipinski definition) is 3. The van der Waals surface area contributed by atoms with Gasteiger partial charge < -0.3 is 10.3 Å². The maximum atomic E-state index is 12.8. The van der Waals surface area contributed by atoms with E-state index in [1.807, 2.05) is 69.3 Å². The van der Waals surface area contributed by atoms with Gasteiger partial charge in [-0.3, -0.25) is 4.79 Å². The number of H-pyrrole nitrogens is 1. The lowest BCUT2D eigenvalue weighted by atomic mass is 10.0. The zero-order chi connectivity index (χ0) is 21.9. The van der Waals surface area contributed by atoms with Crippen molar-refractivity contribution in [2.45, 2.75) is 44.7 Å². The van der Waals surface area contributed by atoms with Crippen molar-refractivity contribution in [2.75, 3.05) is 0 Å². The van der Waals surface area contributed by atoms with E-state index in [0.717, 1.165) is 22.3 Å². The second-order valence-corrected chi connectivity index (χ2v) is 9.21. The van der Waals surface area contributed by atoms with Crippen molar-refractivity contribution in [1.82, 2.24) is 15.0 Å². The smallest absolute Gasteiger partial charge is 0.268 e. The minimum absolute atomic E-state index is 0.0247. The molecule has 2 unspecified atom stereocenters. The molecule has 6 nitrogen and oxygen atoms in total. The zero-order valence-corrected chi connectivity index (χ0v) is 18.4. The number of rotatable bonds is 7. The van der Waals surface area contributed by atoms with Crippen LogP contribution < -0.4 is 10.0 Å². The lowest BCUT2D eigenvalue weighted by Gasteiger charge is -2.16. The highest BCUT2D eigenvalue weighted by atomic mass is 32.2. The van der Waals surface area contributed by atoms with Crippen LogP contribution in [-0.4, -0.2) is 19.3 Å². The fraction of sp³-hybridized carbons (Fsp3) is 0.261. The Balaban J connectivity index is 1.72. The molecular weight excluding hydrogens is 398 g/mol. The second kappa shape index (κ2) is 8.85. The van der Waals surface area contributed by atoms with Crippen molar-refractivity contribution in [3.8, 4) is 0 Å². The summed E-state index contributed by atoms with van der Waals surface area (Å²) >= 11 is 0. The Morgan fingerprint density at radius 2 is 1.43 bits per heavy atom. The van der Waals surface area contributed by atoms with Gasteiger partial charge in [0.2, 0.25) is 10.0 Å². The first kappa shape index (κ1) is 21.8. The van der Waals surface area contributed by atoms with Gasteiger partial charge in [0, 0.05) is 12.2 Å². The van der Waals surface area contributed by atoms with Gasteiger partial charge in [0.25, 0.3) is 5.91 Å². The Kier molecular flexibility index (Phi) is 6.43. The Morgan fingerprint density at radius 1 is 0.900 bits per heavy atom. The molecule has 0 aliphatic heterocycles. The highest BCUT2D eigenvalue weighted by molar-refractivity contribution is 7.89. The molecule has 0 saturated carbocycles. The van der Waals surface area contributed by atoms with Crippen LogP contribution in [0.2, 0.25) is 0 Å². The molecule has 2 aromatic carbocycles. The van der Waals surface area contributed by atoms with E-state index in [2.05, 4.69) is 15.0 Å². The molecule has 0 radical (unpaired) electrons. The van der Waals surface area contributed by atoms with Crippen molar-refractivity contribution >= 4 is 15.9 Å². The molecule has 0 bridgehead atoms. The predicted octanol–water partition coefficient (Wildman–Crippen LogP) is 4.16. The second-order valence-electron chi connectivity index (χ2n) is 7.50. The Hall–Kier alpha value is -2.90. The van der Waals surface area contributed by atoms with Gasteiger partial charge in [-0.25, -0.2) is 13.1 Å². The van der Waals surface area contributed by atoms with Gasteiger partial charge in [-0.15, -0.1) is 0 Å². The maximum Gasteiger partial charge on any atom is 0.268 e. The van der Waals surface area contributed by atoms with Gasteiger partial charge in [0.1, 0.15) is 10.6 Å². The highest BCUT2D eigenvalue weighted by Gasteiger charge is 2.22. The number of nitrogens with one attached hydrogen (secondary N) is 3. The molecule has 1 heterocycles. The van der Waals surface area contributed by atoms with Gasteiger partial charge in [-0.1, -0.05) is 48.5 Å². The summed E-state index contributed by atoms with van der Waals surface area (Å²) in [7, 11) is -3.79. The predicted molar refractivity (Wildman–Crippen MR) is 118 cm³/mol. The largest absolute Gasteiger partial charge is 0.356 e. The van der Waals surface area contributed by atoms with E-state index in [4.69, 9.17) is 0 Å². The zero-order valence-electron chi connectivity index (χ0n) is 17.6. The topological polar surface area (TPSA) is 91.1 Å². The molecule has 0 fully saturated rings. The highest BCUT2D eigenvalue weighted by Crippen LogP contribution is 2.21. The average Bonchev–Trinajstić information content (AvgIpc) is 3.19. The number of carbonyl (C=O) groups excluding carboxylic acids is 1. The summed E-state index contributed by atoms with van der Waals surface area (Å²) in [6.07, 6.45) is 1.33. The van der Waals surface area contributed by atoms with Gasteiger partial charge in [-0.2, -0.15) is 0 Å². The van der Waals surface area contributed by atoms with E-state index in [0.29, 0.717) is 0 Å². The molecule has 3 N–H and O–H groups in total. The number of aryl methyl sites for hydroxylation is 2. The third-order valence-corrected chi connectivity index (χ3v) is 6.72. The van der Waals surface area contributed by atoms with E-state index in [9.17, 15) is 13.2 Å². The summed E-state index contributed by atoms with van der Waals surface area (Å²) in [6.45, 7) is 7.61. The first-order chi connectivity index (χ1) is 14.2. The van der Waals surface area contributed by atoms with E-state index in [1.54, 1.807) is 6.92 Å². The normalized spacial score (nSPS) is 13.6. The van der Waals surface area contributed by atoms with Gasteiger partial charge >= 0.3 is 0 Å².